The Kier molecular flexibility index (Phi) is 3.05. The summed E-state index contributed by atoms with van der Waals surface area (Å²) in [5.41, 5.74) is 0.315. The van der Waals surface area contributed by atoms with Crippen molar-refractivity contribution in [1.82, 2.24) is 15.0 Å². The van der Waals surface area contributed by atoms with Crippen LogP contribution in [-0.2, 0) is 4.79 Å². The first kappa shape index (κ1) is 11.8. The lowest BCUT2D eigenvalue weighted by Crippen LogP contribution is -2.14. The first-order valence-electron chi connectivity index (χ1n) is 5.11. The molecule has 0 fully saturated rings. The molecule has 2 N–H and O–H groups in total. The van der Waals surface area contributed by atoms with Gasteiger partial charge in [0.25, 0.3) is 0 Å². The van der Waals surface area contributed by atoms with E-state index in [4.69, 9.17) is 5.11 Å². The lowest BCUT2D eigenvalue weighted by atomic mass is 10.3. The Labute approximate surface area is 102 Å². The van der Waals surface area contributed by atoms with E-state index in [2.05, 4.69) is 15.6 Å². The number of benzene rings is 1. The molecule has 0 radical (unpaired) electrons. The molecule has 0 spiro atoms. The van der Waals surface area contributed by atoms with Gasteiger partial charge in [-0.25, -0.2) is 4.79 Å². The largest absolute Gasteiger partial charge is 0.476 e. The summed E-state index contributed by atoms with van der Waals surface area (Å²) in [6, 6.07) is 8.82. The molecule has 1 aromatic heterocycles. The summed E-state index contributed by atoms with van der Waals surface area (Å²) < 4.78 is 1.27. The average molecular weight is 246 g/mol. The van der Waals surface area contributed by atoms with Crippen LogP contribution >= 0.6 is 0 Å². The molecule has 0 bridgehead atoms. The second kappa shape index (κ2) is 4.66. The topological polar surface area (TPSA) is 97.1 Å². The quantitative estimate of drug-likeness (QED) is 0.839. The van der Waals surface area contributed by atoms with Crippen molar-refractivity contribution in [2.24, 2.45) is 0 Å². The lowest BCUT2D eigenvalue weighted by molar-refractivity contribution is -0.114. The average Bonchev–Trinajstić information content (AvgIpc) is 2.73. The number of carboxylic acid groups (broad SMARTS) is 1. The minimum atomic E-state index is -1.25. The van der Waals surface area contributed by atoms with Gasteiger partial charge in [-0.15, -0.1) is 5.10 Å². The van der Waals surface area contributed by atoms with E-state index >= 15 is 0 Å². The Bertz CT molecular complexity index is 592. The van der Waals surface area contributed by atoms with Crippen LogP contribution in [0.15, 0.2) is 30.3 Å². The van der Waals surface area contributed by atoms with Gasteiger partial charge in [-0.3, -0.25) is 4.79 Å². The number of aromatic nitrogens is 3. The van der Waals surface area contributed by atoms with Gasteiger partial charge >= 0.3 is 5.97 Å². The monoisotopic (exact) mass is 246 g/mol. The number of aromatic carboxylic acids is 1. The molecule has 7 nitrogen and oxygen atoms in total. The van der Waals surface area contributed by atoms with E-state index in [1.165, 1.54) is 11.6 Å². The summed E-state index contributed by atoms with van der Waals surface area (Å²) in [4.78, 5) is 22.1. The van der Waals surface area contributed by atoms with Crippen molar-refractivity contribution in [2.75, 3.05) is 5.32 Å². The highest BCUT2D eigenvalue weighted by molar-refractivity contribution is 5.97. The number of amides is 1. The standard InChI is InChI=1S/C11H10N4O3/c1-7(16)12-10-9(11(17)18)13-14-15(10)8-5-3-2-4-6-8/h2-6H,1H3,(H,12,16)(H,17,18). The van der Waals surface area contributed by atoms with Crippen LogP contribution in [0.4, 0.5) is 5.82 Å². The molecule has 1 heterocycles. The number of carbonyl (C=O) groups excluding carboxylic acids is 1. The number of anilines is 1. The summed E-state index contributed by atoms with van der Waals surface area (Å²) in [6.07, 6.45) is 0. The van der Waals surface area contributed by atoms with Gasteiger partial charge in [0, 0.05) is 6.92 Å². The van der Waals surface area contributed by atoms with Crippen LogP contribution in [0.3, 0.4) is 0 Å². The minimum Gasteiger partial charge on any atom is -0.476 e. The highest BCUT2D eigenvalue weighted by Crippen LogP contribution is 2.17. The number of carboxylic acids is 1. The van der Waals surface area contributed by atoms with Crippen molar-refractivity contribution < 1.29 is 14.7 Å². The maximum Gasteiger partial charge on any atom is 0.360 e. The van der Waals surface area contributed by atoms with Crippen LogP contribution in [0.5, 0.6) is 0 Å². The van der Waals surface area contributed by atoms with Gasteiger partial charge in [-0.1, -0.05) is 23.4 Å². The Morgan fingerprint density at radius 3 is 2.50 bits per heavy atom. The zero-order chi connectivity index (χ0) is 13.1. The van der Waals surface area contributed by atoms with Gasteiger partial charge in [-0.2, -0.15) is 4.68 Å². The third-order valence-electron chi connectivity index (χ3n) is 2.17. The molecule has 2 aromatic rings. The zero-order valence-electron chi connectivity index (χ0n) is 9.49. The Hall–Kier alpha value is -2.70. The number of nitrogens with one attached hydrogen (secondary N) is 1. The molecule has 0 saturated heterocycles. The van der Waals surface area contributed by atoms with Gasteiger partial charge in [0.05, 0.1) is 5.69 Å². The van der Waals surface area contributed by atoms with Crippen molar-refractivity contribution in [1.29, 1.82) is 0 Å². The zero-order valence-corrected chi connectivity index (χ0v) is 9.49. The van der Waals surface area contributed by atoms with E-state index in [0.717, 1.165) is 0 Å². The molecule has 18 heavy (non-hydrogen) atoms. The molecular weight excluding hydrogens is 236 g/mol. The van der Waals surface area contributed by atoms with Gasteiger partial charge < -0.3 is 10.4 Å². The number of carbonyl (C=O) groups is 2. The summed E-state index contributed by atoms with van der Waals surface area (Å²) in [5, 5.41) is 18.7. The molecule has 1 amide bonds. The molecule has 7 heteroatoms. The summed E-state index contributed by atoms with van der Waals surface area (Å²) in [5.74, 6) is -1.60. The van der Waals surface area contributed by atoms with E-state index in [1.807, 2.05) is 6.07 Å². The Balaban J connectivity index is 2.54. The predicted octanol–water partition coefficient (Wildman–Crippen LogP) is 0.924. The SMILES string of the molecule is CC(=O)Nc1c(C(=O)O)nnn1-c1ccccc1. The molecule has 0 aliphatic rings. The van der Waals surface area contributed by atoms with Crippen LogP contribution in [0.2, 0.25) is 0 Å². The van der Waals surface area contributed by atoms with E-state index < -0.39 is 11.9 Å². The van der Waals surface area contributed by atoms with Gasteiger partial charge in [0.2, 0.25) is 11.6 Å². The number of rotatable bonds is 3. The molecule has 0 unspecified atom stereocenters. The number of hydrogen-bond acceptors (Lipinski definition) is 4. The summed E-state index contributed by atoms with van der Waals surface area (Å²) in [7, 11) is 0. The molecule has 0 aliphatic carbocycles. The second-order valence-electron chi connectivity index (χ2n) is 3.52. The smallest absolute Gasteiger partial charge is 0.360 e. The van der Waals surface area contributed by atoms with Crippen molar-refractivity contribution in [3.63, 3.8) is 0 Å². The second-order valence-corrected chi connectivity index (χ2v) is 3.52. The first-order valence-corrected chi connectivity index (χ1v) is 5.11. The normalized spacial score (nSPS) is 10.1. The van der Waals surface area contributed by atoms with E-state index in [9.17, 15) is 9.59 Å². The van der Waals surface area contributed by atoms with Crippen LogP contribution in [-0.4, -0.2) is 32.0 Å². The molecule has 1 aromatic carbocycles. The van der Waals surface area contributed by atoms with E-state index in [-0.39, 0.29) is 11.5 Å². The van der Waals surface area contributed by atoms with Crippen molar-refractivity contribution >= 4 is 17.7 Å². The number of hydrogen-bond donors (Lipinski definition) is 2. The van der Waals surface area contributed by atoms with Crippen molar-refractivity contribution in [2.45, 2.75) is 6.92 Å². The molecular formula is C11H10N4O3. The first-order chi connectivity index (χ1) is 8.59. The molecule has 0 saturated carbocycles. The Morgan fingerprint density at radius 1 is 1.28 bits per heavy atom. The summed E-state index contributed by atoms with van der Waals surface area (Å²) in [6.45, 7) is 1.29. The van der Waals surface area contributed by atoms with Crippen molar-refractivity contribution in [3.8, 4) is 5.69 Å². The molecule has 2 rings (SSSR count). The van der Waals surface area contributed by atoms with Crippen molar-refractivity contribution in [3.05, 3.63) is 36.0 Å². The molecule has 92 valence electrons. The minimum absolute atomic E-state index is 0.0428. The van der Waals surface area contributed by atoms with Crippen LogP contribution < -0.4 is 5.32 Å². The van der Waals surface area contributed by atoms with E-state index in [0.29, 0.717) is 5.69 Å². The molecule has 0 aliphatic heterocycles. The lowest BCUT2D eigenvalue weighted by Gasteiger charge is -2.06. The van der Waals surface area contributed by atoms with Gasteiger partial charge in [0.15, 0.2) is 5.82 Å². The van der Waals surface area contributed by atoms with Gasteiger partial charge in [-0.05, 0) is 12.1 Å². The summed E-state index contributed by atoms with van der Waals surface area (Å²) >= 11 is 0. The van der Waals surface area contributed by atoms with E-state index in [1.54, 1.807) is 24.3 Å². The third kappa shape index (κ3) is 2.19. The van der Waals surface area contributed by atoms with Crippen LogP contribution in [0, 0.1) is 0 Å². The fourth-order valence-corrected chi connectivity index (χ4v) is 1.45. The Morgan fingerprint density at radius 2 is 1.94 bits per heavy atom. The van der Waals surface area contributed by atoms with Crippen LogP contribution in [0.1, 0.15) is 17.4 Å². The maximum atomic E-state index is 11.1. The molecule has 0 atom stereocenters. The predicted molar refractivity (Wildman–Crippen MR) is 62.6 cm³/mol. The fraction of sp³-hybridized carbons (Fsp3) is 0.0909. The highest BCUT2D eigenvalue weighted by Gasteiger charge is 2.20. The number of para-hydroxylation sites is 1. The maximum absolute atomic E-state index is 11.1. The number of nitrogens with zero attached hydrogens (tertiary/aromatic N) is 3. The third-order valence-corrected chi connectivity index (χ3v) is 2.17. The van der Waals surface area contributed by atoms with Gasteiger partial charge in [0.1, 0.15) is 0 Å². The highest BCUT2D eigenvalue weighted by atomic mass is 16.4. The van der Waals surface area contributed by atoms with Crippen LogP contribution in [0.25, 0.3) is 5.69 Å². The fourth-order valence-electron chi connectivity index (χ4n) is 1.45.